The van der Waals surface area contributed by atoms with Crippen LogP contribution in [0.3, 0.4) is 0 Å². The molecule has 1 unspecified atom stereocenters. The van der Waals surface area contributed by atoms with E-state index in [9.17, 15) is 4.79 Å². The first-order chi connectivity index (χ1) is 8.16. The van der Waals surface area contributed by atoms with Crippen LogP contribution < -0.4 is 0 Å². The average molecular weight is 273 g/mol. The van der Waals surface area contributed by atoms with Crippen molar-refractivity contribution in [1.82, 2.24) is 0 Å². The third-order valence-corrected chi connectivity index (χ3v) is 4.70. The normalized spacial score (nSPS) is 20.5. The lowest BCUT2D eigenvalue weighted by molar-refractivity contribution is 0.0105. The van der Waals surface area contributed by atoms with Gasteiger partial charge in [0.05, 0.1) is 15.3 Å². The number of Topliss-reactive ketones (excluding diaryl/α,β-unsaturated/α-hetero) is 1. The van der Waals surface area contributed by atoms with Crippen LogP contribution >= 0.6 is 22.9 Å². The van der Waals surface area contributed by atoms with E-state index >= 15 is 0 Å². The molecule has 2 nitrogen and oxygen atoms in total. The van der Waals surface area contributed by atoms with E-state index in [4.69, 9.17) is 16.3 Å². The zero-order valence-corrected chi connectivity index (χ0v) is 11.6. The first-order valence-electron chi connectivity index (χ1n) is 6.07. The summed E-state index contributed by atoms with van der Waals surface area (Å²) in [5.74, 6) is 0.194. The Morgan fingerprint density at radius 2 is 2.41 bits per heavy atom. The van der Waals surface area contributed by atoms with Crippen molar-refractivity contribution in [2.24, 2.45) is 0 Å². The number of rotatable bonds is 4. The maximum Gasteiger partial charge on any atom is 0.172 e. The lowest BCUT2D eigenvalue weighted by atomic mass is 10.0. The van der Waals surface area contributed by atoms with E-state index < -0.39 is 0 Å². The Balaban J connectivity index is 1.84. The fraction of sp³-hybridized carbons (Fsp3) is 0.615. The lowest BCUT2D eigenvalue weighted by Crippen LogP contribution is -2.19. The molecule has 94 valence electrons. The molecule has 1 aliphatic heterocycles. The monoisotopic (exact) mass is 272 g/mol. The van der Waals surface area contributed by atoms with Crippen molar-refractivity contribution in [3.05, 3.63) is 20.8 Å². The summed E-state index contributed by atoms with van der Waals surface area (Å²) in [7, 11) is 0. The molecule has 0 amide bonds. The summed E-state index contributed by atoms with van der Waals surface area (Å²) in [6.45, 7) is 2.78. The van der Waals surface area contributed by atoms with Gasteiger partial charge >= 0.3 is 0 Å². The second kappa shape index (κ2) is 5.98. The summed E-state index contributed by atoms with van der Waals surface area (Å²) >= 11 is 7.35. The first kappa shape index (κ1) is 13.1. The minimum atomic E-state index is 0.194. The molecule has 0 aromatic carbocycles. The van der Waals surface area contributed by atoms with E-state index in [0.717, 1.165) is 40.6 Å². The quantitative estimate of drug-likeness (QED) is 0.766. The van der Waals surface area contributed by atoms with Crippen molar-refractivity contribution < 1.29 is 9.53 Å². The topological polar surface area (TPSA) is 26.3 Å². The molecule has 1 aromatic rings. The van der Waals surface area contributed by atoms with Crippen molar-refractivity contribution in [3.8, 4) is 0 Å². The molecule has 0 bridgehead atoms. The predicted octanol–water partition coefficient (Wildman–Crippen LogP) is 4.24. The van der Waals surface area contributed by atoms with E-state index in [0.29, 0.717) is 6.42 Å². The number of carbonyl (C=O) groups excluding carboxylic acids is 1. The molecular weight excluding hydrogens is 256 g/mol. The van der Waals surface area contributed by atoms with E-state index in [1.807, 2.05) is 13.0 Å². The van der Waals surface area contributed by atoms with Crippen LogP contribution in [0.5, 0.6) is 0 Å². The highest BCUT2D eigenvalue weighted by Gasteiger charge is 2.17. The van der Waals surface area contributed by atoms with Gasteiger partial charge in [0, 0.05) is 13.0 Å². The van der Waals surface area contributed by atoms with Gasteiger partial charge in [-0.1, -0.05) is 11.6 Å². The summed E-state index contributed by atoms with van der Waals surface area (Å²) in [5, 5.41) is 0. The van der Waals surface area contributed by atoms with Crippen LogP contribution in [0.15, 0.2) is 6.07 Å². The van der Waals surface area contributed by atoms with Crippen molar-refractivity contribution >= 4 is 28.7 Å². The molecule has 0 saturated carbocycles. The Hall–Kier alpha value is -0.380. The number of halogens is 1. The number of hydrogen-bond donors (Lipinski definition) is 0. The molecule has 1 atom stereocenters. The highest BCUT2D eigenvalue weighted by molar-refractivity contribution is 7.18. The Morgan fingerprint density at radius 3 is 3.00 bits per heavy atom. The van der Waals surface area contributed by atoms with Gasteiger partial charge in [0.2, 0.25) is 0 Å². The summed E-state index contributed by atoms with van der Waals surface area (Å²) in [6.07, 6.45) is 5.17. The van der Waals surface area contributed by atoms with Gasteiger partial charge in [-0.25, -0.2) is 0 Å². The lowest BCUT2D eigenvalue weighted by Gasteiger charge is -2.21. The Bertz CT molecular complexity index is 375. The maximum absolute atomic E-state index is 11.9. The van der Waals surface area contributed by atoms with Crippen LogP contribution in [-0.2, 0) is 4.74 Å². The van der Waals surface area contributed by atoms with Gasteiger partial charge < -0.3 is 4.74 Å². The molecule has 0 aliphatic carbocycles. The van der Waals surface area contributed by atoms with Crippen LogP contribution in [0.25, 0.3) is 0 Å². The molecule has 1 saturated heterocycles. The molecule has 2 heterocycles. The number of ketones is 1. The van der Waals surface area contributed by atoms with Crippen molar-refractivity contribution in [2.45, 2.75) is 45.1 Å². The zero-order chi connectivity index (χ0) is 12.3. The molecule has 1 aliphatic rings. The Labute approximate surface area is 111 Å². The maximum atomic E-state index is 11.9. The van der Waals surface area contributed by atoms with Crippen LogP contribution in [-0.4, -0.2) is 18.5 Å². The molecule has 0 radical (unpaired) electrons. The average Bonchev–Trinajstić information content (AvgIpc) is 2.68. The number of ether oxygens (including phenoxy) is 1. The fourth-order valence-electron chi connectivity index (χ4n) is 2.05. The van der Waals surface area contributed by atoms with Crippen molar-refractivity contribution in [3.63, 3.8) is 0 Å². The van der Waals surface area contributed by atoms with E-state index in [1.165, 1.54) is 17.8 Å². The molecule has 1 fully saturated rings. The summed E-state index contributed by atoms with van der Waals surface area (Å²) in [6, 6.07) is 1.89. The van der Waals surface area contributed by atoms with Gasteiger partial charge in [-0.2, -0.15) is 0 Å². The van der Waals surface area contributed by atoms with Crippen molar-refractivity contribution in [2.75, 3.05) is 6.61 Å². The number of aryl methyl sites for hydroxylation is 1. The molecule has 0 N–H and O–H groups in total. The van der Waals surface area contributed by atoms with Gasteiger partial charge in [0.15, 0.2) is 5.78 Å². The second-order valence-electron chi connectivity index (χ2n) is 4.52. The molecule has 0 spiro atoms. The largest absolute Gasteiger partial charge is 0.378 e. The third kappa shape index (κ3) is 3.54. The minimum absolute atomic E-state index is 0.194. The number of thiophene rings is 1. The van der Waals surface area contributed by atoms with E-state index in [1.54, 1.807) is 0 Å². The smallest absolute Gasteiger partial charge is 0.172 e. The van der Waals surface area contributed by atoms with Gasteiger partial charge in [-0.05, 0) is 44.2 Å². The van der Waals surface area contributed by atoms with Gasteiger partial charge in [-0.15, -0.1) is 11.3 Å². The highest BCUT2D eigenvalue weighted by atomic mass is 35.5. The van der Waals surface area contributed by atoms with Gasteiger partial charge in [0.1, 0.15) is 0 Å². The predicted molar refractivity (Wildman–Crippen MR) is 71.2 cm³/mol. The first-order valence-corrected chi connectivity index (χ1v) is 7.27. The Morgan fingerprint density at radius 1 is 1.59 bits per heavy atom. The summed E-state index contributed by atoms with van der Waals surface area (Å²) < 4.78 is 6.34. The standard InChI is InChI=1S/C13H17ClO2S/c1-9-8-12(17-13(9)14)11(15)6-5-10-4-2-3-7-16-10/h8,10H,2-7H2,1H3. The minimum Gasteiger partial charge on any atom is -0.378 e. The second-order valence-corrected chi connectivity index (χ2v) is 6.17. The van der Waals surface area contributed by atoms with Crippen molar-refractivity contribution in [1.29, 1.82) is 0 Å². The van der Waals surface area contributed by atoms with E-state index in [2.05, 4.69) is 0 Å². The van der Waals surface area contributed by atoms with E-state index in [-0.39, 0.29) is 11.9 Å². The van der Waals surface area contributed by atoms with Gasteiger partial charge in [-0.3, -0.25) is 4.79 Å². The number of hydrogen-bond acceptors (Lipinski definition) is 3. The SMILES string of the molecule is Cc1cc(C(=O)CCC2CCCCO2)sc1Cl. The van der Waals surface area contributed by atoms with Crippen LogP contribution in [0, 0.1) is 6.92 Å². The Kier molecular flexibility index (Phi) is 4.60. The molecule has 17 heavy (non-hydrogen) atoms. The summed E-state index contributed by atoms with van der Waals surface area (Å²) in [5.41, 5.74) is 0.994. The summed E-state index contributed by atoms with van der Waals surface area (Å²) in [4.78, 5) is 12.7. The third-order valence-electron chi connectivity index (χ3n) is 3.10. The number of carbonyl (C=O) groups is 1. The fourth-order valence-corrected chi connectivity index (χ4v) is 3.22. The van der Waals surface area contributed by atoms with Gasteiger partial charge in [0.25, 0.3) is 0 Å². The van der Waals surface area contributed by atoms with Crippen LogP contribution in [0.1, 0.15) is 47.3 Å². The van der Waals surface area contributed by atoms with Crippen LogP contribution in [0.4, 0.5) is 0 Å². The van der Waals surface area contributed by atoms with Crippen LogP contribution in [0.2, 0.25) is 4.34 Å². The zero-order valence-electron chi connectivity index (χ0n) is 10.0. The molecule has 1 aromatic heterocycles. The molecule has 2 rings (SSSR count). The highest BCUT2D eigenvalue weighted by Crippen LogP contribution is 2.28. The molecule has 4 heteroatoms. The molecular formula is C13H17ClO2S.